The molecule has 24 rings (SSSR count). The van der Waals surface area contributed by atoms with E-state index in [2.05, 4.69) is 456 Å². The van der Waals surface area contributed by atoms with Crippen LogP contribution in [-0.4, -0.2) is 38.2 Å². The fourth-order valence-corrected chi connectivity index (χ4v) is 18.7. The van der Waals surface area contributed by atoms with Gasteiger partial charge in [-0.15, -0.1) is 0 Å². The van der Waals surface area contributed by atoms with Crippen LogP contribution in [0.2, 0.25) is 0 Å². The molecule has 0 aliphatic heterocycles. The number of aryl methyl sites for hydroxylation is 1. The standard InChI is InChI=1S/C64H42N4.C53H36N4/c1-4-15-43(16-5-1)53-34-29-47(40-56(53)44-17-6-2-7-18-44)46-19-14-20-50(39-46)59-37-38-65-64(66-59)45-27-32-52(33-28-45)68-61-26-13-11-24-55(61)58-42-49(31-36-63(58)68)48-30-35-62-57(41-48)54-23-10-12-25-60(54)67(62)51-21-8-3-9-22-51;1-35-11-9-16-43(31-35)56-49-19-7-5-17-44(49)46-33-40(25-27-51(46)56)41-26-28-52-47(34-41)45-18-6-8-20-50(45)57(52)53-54-30-29-48(55-53)42-15-10-14-39(32-42)38-23-21-37(22-24-38)36-12-3-2-4-13-36/h1-42H;2-34H,1H3. The lowest BCUT2D eigenvalue weighted by atomic mass is 9.90. The molecular formula is C117H78N8. The predicted octanol–water partition coefficient (Wildman–Crippen LogP) is 30.3. The SMILES string of the molecule is Cc1cccc(-n2c3ccccc3c3cc(-c4ccc5c(c4)c4ccccc4n5-c4nccc(-c5cccc(-c6ccc(-c7ccccc7)cc6)c5)n4)ccc32)c1.c1ccc(-c2ccc(-c3cccc(-c4ccnc(-c5ccc(-n6c7ccccc7c7cc(-c8ccc9c(c8)c8ccccc8n9-c8ccccc8)ccc76)cc5)n4)c3)cc2-c2ccccc2)cc1. The molecule has 0 bridgehead atoms. The van der Waals surface area contributed by atoms with E-state index in [1.807, 2.05) is 24.5 Å². The maximum absolute atomic E-state index is 5.20. The first-order chi connectivity index (χ1) is 61.9. The second kappa shape index (κ2) is 31.2. The van der Waals surface area contributed by atoms with Gasteiger partial charge in [0.2, 0.25) is 5.95 Å². The molecule has 0 fully saturated rings. The summed E-state index contributed by atoms with van der Waals surface area (Å²) in [6.07, 6.45) is 3.74. The molecule has 586 valence electrons. The fourth-order valence-electron chi connectivity index (χ4n) is 18.7. The van der Waals surface area contributed by atoms with Crippen molar-refractivity contribution in [1.29, 1.82) is 0 Å². The molecule has 125 heavy (non-hydrogen) atoms. The molecule has 8 nitrogen and oxygen atoms in total. The largest absolute Gasteiger partial charge is 0.309 e. The molecule has 0 radical (unpaired) electrons. The number of nitrogens with zero attached hydrogens (tertiary/aromatic N) is 8. The highest BCUT2D eigenvalue weighted by molar-refractivity contribution is 6.15. The van der Waals surface area contributed by atoms with Crippen molar-refractivity contribution in [3.63, 3.8) is 0 Å². The first kappa shape index (κ1) is 73.5. The van der Waals surface area contributed by atoms with E-state index < -0.39 is 0 Å². The summed E-state index contributed by atoms with van der Waals surface area (Å²) in [5.41, 5.74) is 35.3. The van der Waals surface area contributed by atoms with E-state index in [9.17, 15) is 0 Å². The zero-order valence-electron chi connectivity index (χ0n) is 68.4. The van der Waals surface area contributed by atoms with Crippen LogP contribution in [0.5, 0.6) is 0 Å². The Morgan fingerprint density at radius 2 is 0.496 bits per heavy atom. The van der Waals surface area contributed by atoms with Crippen LogP contribution in [0.1, 0.15) is 5.56 Å². The van der Waals surface area contributed by atoms with Crippen LogP contribution in [-0.2, 0) is 0 Å². The molecule has 0 saturated carbocycles. The molecule has 0 aliphatic rings. The third-order valence-electron chi connectivity index (χ3n) is 24.7. The Hall–Kier alpha value is -16.7. The van der Waals surface area contributed by atoms with Gasteiger partial charge in [-0.25, -0.2) is 19.9 Å². The van der Waals surface area contributed by atoms with Gasteiger partial charge < -0.3 is 13.7 Å². The quantitative estimate of drug-likeness (QED) is 0.109. The second-order valence-electron chi connectivity index (χ2n) is 32.2. The van der Waals surface area contributed by atoms with Gasteiger partial charge in [0, 0.05) is 89.2 Å². The van der Waals surface area contributed by atoms with Crippen LogP contribution < -0.4 is 0 Å². The van der Waals surface area contributed by atoms with E-state index in [0.717, 1.165) is 78.2 Å². The second-order valence-corrected chi connectivity index (χ2v) is 32.2. The summed E-state index contributed by atoms with van der Waals surface area (Å²) in [6, 6.07) is 159. The minimum Gasteiger partial charge on any atom is -0.309 e. The van der Waals surface area contributed by atoms with Gasteiger partial charge in [-0.2, -0.15) is 0 Å². The minimum atomic E-state index is 0.648. The number of hydrogen-bond acceptors (Lipinski definition) is 4. The third-order valence-corrected chi connectivity index (χ3v) is 24.7. The lowest BCUT2D eigenvalue weighted by molar-refractivity contribution is 0.992. The monoisotopic (exact) mass is 1590 g/mol. The molecule has 24 aromatic rings. The first-order valence-electron chi connectivity index (χ1n) is 42.5. The molecule has 0 spiro atoms. The van der Waals surface area contributed by atoms with Gasteiger partial charge in [-0.05, 0) is 242 Å². The van der Waals surface area contributed by atoms with Gasteiger partial charge in [0.05, 0.1) is 55.5 Å². The molecule has 0 saturated heterocycles. The van der Waals surface area contributed by atoms with E-state index in [-0.39, 0.29) is 0 Å². The highest BCUT2D eigenvalue weighted by atomic mass is 15.2. The van der Waals surface area contributed by atoms with Crippen molar-refractivity contribution in [2.75, 3.05) is 0 Å². The number of hydrogen-bond donors (Lipinski definition) is 0. The van der Waals surface area contributed by atoms with E-state index in [1.54, 1.807) is 0 Å². The summed E-state index contributed by atoms with van der Waals surface area (Å²) < 4.78 is 9.31. The Labute approximate surface area is 723 Å². The Balaban J connectivity index is 0.000000146. The summed E-state index contributed by atoms with van der Waals surface area (Å²) in [6.45, 7) is 2.15. The van der Waals surface area contributed by atoms with Crippen LogP contribution in [0.25, 0.3) is 222 Å². The molecule has 0 amide bonds. The predicted molar refractivity (Wildman–Crippen MR) is 521 cm³/mol. The number of para-hydroxylation sites is 5. The van der Waals surface area contributed by atoms with Crippen LogP contribution >= 0.6 is 0 Å². The number of aromatic nitrogens is 8. The summed E-state index contributed by atoms with van der Waals surface area (Å²) in [5.74, 6) is 1.34. The smallest absolute Gasteiger partial charge is 0.235 e. The summed E-state index contributed by atoms with van der Waals surface area (Å²) in [7, 11) is 0. The normalized spacial score (nSPS) is 11.6. The molecule has 0 aliphatic carbocycles. The lowest BCUT2D eigenvalue weighted by Crippen LogP contribution is -2.01. The molecular weight excluding hydrogens is 1520 g/mol. The van der Waals surface area contributed by atoms with E-state index in [0.29, 0.717) is 11.8 Å². The van der Waals surface area contributed by atoms with Gasteiger partial charge in [-0.3, -0.25) is 4.57 Å². The minimum absolute atomic E-state index is 0.648. The Kier molecular flexibility index (Phi) is 18.3. The highest BCUT2D eigenvalue weighted by Crippen LogP contribution is 2.44. The average Bonchev–Trinajstić information content (AvgIpc) is 1.58. The summed E-state index contributed by atoms with van der Waals surface area (Å²) >= 11 is 0. The molecule has 0 N–H and O–H groups in total. The zero-order chi connectivity index (χ0) is 82.8. The number of rotatable bonds is 14. The fraction of sp³-hybridized carbons (Fsp3) is 0.00855. The summed E-state index contributed by atoms with van der Waals surface area (Å²) in [5, 5.41) is 9.76. The maximum Gasteiger partial charge on any atom is 0.235 e. The van der Waals surface area contributed by atoms with Crippen LogP contribution in [0.4, 0.5) is 0 Å². The summed E-state index contributed by atoms with van der Waals surface area (Å²) in [4.78, 5) is 19.9. The van der Waals surface area contributed by atoms with E-state index in [1.165, 1.54) is 138 Å². The topological polar surface area (TPSA) is 71.3 Å². The molecule has 18 aromatic carbocycles. The van der Waals surface area contributed by atoms with Gasteiger partial charge in [-0.1, -0.05) is 291 Å². The van der Waals surface area contributed by atoms with Crippen molar-refractivity contribution in [1.82, 2.24) is 38.2 Å². The Morgan fingerprint density at radius 1 is 0.176 bits per heavy atom. The average molecular weight is 1600 g/mol. The third kappa shape index (κ3) is 13.4. The van der Waals surface area contributed by atoms with Crippen molar-refractivity contribution < 1.29 is 0 Å². The van der Waals surface area contributed by atoms with E-state index in [4.69, 9.17) is 19.9 Å². The van der Waals surface area contributed by atoms with Crippen LogP contribution in [0, 0.1) is 6.92 Å². The highest BCUT2D eigenvalue weighted by Gasteiger charge is 2.22. The lowest BCUT2D eigenvalue weighted by Gasteiger charge is -2.14. The van der Waals surface area contributed by atoms with Crippen molar-refractivity contribution in [3.8, 4) is 135 Å². The van der Waals surface area contributed by atoms with Crippen LogP contribution in [0.3, 0.4) is 0 Å². The Morgan fingerprint density at radius 3 is 1.00 bits per heavy atom. The molecule has 8 heteroatoms. The first-order valence-corrected chi connectivity index (χ1v) is 42.5. The molecule has 6 heterocycles. The maximum atomic E-state index is 5.20. The zero-order valence-corrected chi connectivity index (χ0v) is 68.4. The van der Waals surface area contributed by atoms with Crippen molar-refractivity contribution in [3.05, 3.63) is 461 Å². The number of benzene rings is 18. The molecule has 0 atom stereocenters. The van der Waals surface area contributed by atoms with Crippen molar-refractivity contribution in [2.24, 2.45) is 0 Å². The van der Waals surface area contributed by atoms with Gasteiger partial charge >= 0.3 is 0 Å². The van der Waals surface area contributed by atoms with E-state index >= 15 is 0 Å². The number of fused-ring (bicyclic) bond motifs is 12. The van der Waals surface area contributed by atoms with Gasteiger partial charge in [0.25, 0.3) is 0 Å². The molecule has 0 unspecified atom stereocenters. The van der Waals surface area contributed by atoms with Crippen molar-refractivity contribution >= 4 is 87.2 Å². The van der Waals surface area contributed by atoms with Gasteiger partial charge in [0.1, 0.15) is 0 Å². The Bertz CT molecular complexity index is 8270. The molecule has 6 aromatic heterocycles. The van der Waals surface area contributed by atoms with Crippen molar-refractivity contribution in [2.45, 2.75) is 6.92 Å². The van der Waals surface area contributed by atoms with Crippen LogP contribution in [0.15, 0.2) is 455 Å². The van der Waals surface area contributed by atoms with Gasteiger partial charge in [0.15, 0.2) is 5.82 Å².